The molecule has 12 heterocycles. The van der Waals surface area contributed by atoms with E-state index in [1.54, 1.807) is 34.6 Å². The Hall–Kier alpha value is -11.1. The molecule has 0 unspecified atom stereocenters. The summed E-state index contributed by atoms with van der Waals surface area (Å²) in [5.41, 5.74) is 4.15. The van der Waals surface area contributed by atoms with Gasteiger partial charge in [0.1, 0.15) is 64.6 Å². The smallest absolute Gasteiger partial charge is 0.341 e. The Balaban J connectivity index is 0.000000142. The van der Waals surface area contributed by atoms with Crippen LogP contribution in [0.5, 0.6) is 0 Å². The van der Waals surface area contributed by atoms with Gasteiger partial charge < -0.3 is 65.5 Å². The molecule has 4 amide bonds. The van der Waals surface area contributed by atoms with Gasteiger partial charge >= 0.3 is 11.9 Å². The van der Waals surface area contributed by atoms with Gasteiger partial charge in [-0.2, -0.15) is 8.78 Å². The Bertz CT molecular complexity index is 4550. The first-order valence-corrected chi connectivity index (χ1v) is 36.5. The Kier molecular flexibility index (Phi) is 23.6. The number of alkyl halides is 2. The molecule has 107 heavy (non-hydrogen) atoms. The summed E-state index contributed by atoms with van der Waals surface area (Å²) < 4.78 is 32.6. The fourth-order valence-corrected chi connectivity index (χ4v) is 14.2. The first-order valence-electron chi connectivity index (χ1n) is 36.5. The van der Waals surface area contributed by atoms with Crippen LogP contribution in [0.15, 0.2) is 107 Å². The molecule has 28 nitrogen and oxygen atoms in total. The van der Waals surface area contributed by atoms with E-state index in [2.05, 4.69) is 116 Å². The van der Waals surface area contributed by atoms with E-state index in [0.717, 1.165) is 105 Å². The third-order valence-corrected chi connectivity index (χ3v) is 20.4. The van der Waals surface area contributed by atoms with Crippen molar-refractivity contribution in [3.63, 3.8) is 0 Å². The molecule has 4 aliphatic heterocycles. The number of pyridine rings is 1. The summed E-state index contributed by atoms with van der Waals surface area (Å²) in [6, 6.07) is 2.67. The Morgan fingerprint density at radius 1 is 0.439 bits per heavy atom. The molecule has 30 heteroatoms. The number of H-pyrrole nitrogens is 4. The van der Waals surface area contributed by atoms with E-state index < -0.39 is 23.3 Å². The van der Waals surface area contributed by atoms with Gasteiger partial charge in [-0.25, -0.2) is 39.7 Å². The Morgan fingerprint density at radius 3 is 1.10 bits per heavy atom. The van der Waals surface area contributed by atoms with Gasteiger partial charge in [-0.1, -0.05) is 26.3 Å². The second-order valence-corrected chi connectivity index (χ2v) is 29.6. The first-order chi connectivity index (χ1) is 51.1. The highest BCUT2D eigenvalue weighted by Crippen LogP contribution is 2.39. The van der Waals surface area contributed by atoms with Crippen molar-refractivity contribution in [3.05, 3.63) is 129 Å². The normalized spacial score (nSPS) is 21.6. The topological polar surface area (TPSA) is 360 Å². The molecule has 8 aromatic rings. The van der Waals surface area contributed by atoms with Crippen LogP contribution in [-0.4, -0.2) is 207 Å². The zero-order valence-electron chi connectivity index (χ0n) is 61.8. The maximum atomic E-state index is 13.5. The van der Waals surface area contributed by atoms with Gasteiger partial charge in [-0.05, 0) is 156 Å². The molecule has 2 saturated carbocycles. The predicted molar refractivity (Wildman–Crippen MR) is 404 cm³/mol. The SMILES string of the molecule is C=CC(=O)N1C[C@H](Nc2ccnc3[nH]cc(C(=O)C4CC4)c23)CC[C@@H]1C.C=CC(=O)N1C[C@H](Nc2ncnc3[nH]cc(C(=O)C(C)(F)F)c23)CC[C@@H]1C.C=CC(=O)N1C[C@H](Nc2ncnc3[nH]cc(C(=O)C4CC4)c23)CC[C@@H]1C.C=CC(=O)N1C[C@H](Nc2ncnc3[nH]cc(C(=O)OC(C)(C)C)c23)CC[C@@H]1C. The second kappa shape index (κ2) is 32.7. The lowest BCUT2D eigenvalue weighted by Crippen LogP contribution is -2.49. The molecule has 6 aliphatic rings. The standard InChI is InChI=1S/C20H27N5O3.C20H24N4O2.C19H23N5O2.C18H21F2N5O2/c1-6-15(26)25-10-13(8-7-12(25)2)24-18-16-14(19(27)28-20(3,4)5)9-21-17(16)22-11-23-18;1-3-17(25)24-11-14(7-4-12(24)2)23-16-8-9-21-20-18(16)15(10-22-20)19(26)13-5-6-13;1-3-15(25)24-9-13(7-4-11(24)2)23-19-16-14(17(26)12-5-6-12)8-20-18(16)21-10-22-19;1-4-13(26)25-8-11(6-5-10(25)2)24-17-14-12(15(27)18(3,19)20)7-21-16(14)22-9-23-17/h6,9,11-13H,1,7-8,10H2,2-5H3,(H2,21,22,23,24);3,8-10,12-14H,1,4-7,11H2,2H3,(H2,21,22,23);3,8,10-13H,1,4-7,9H2,2H3,(H2,20,21,22,23);4,7,9-11H,1,5-6,8H2,2-3H3,(H2,21,22,23,24)/t12-,13+;12-,14+;11-,13+;10-,11+/m0000/s1. The minimum atomic E-state index is -3.50. The number of likely N-dealkylation sites (tertiary alicyclic amines) is 4. The van der Waals surface area contributed by atoms with Crippen molar-refractivity contribution in [1.82, 2.24) is 74.4 Å². The number of ketones is 3. The van der Waals surface area contributed by atoms with Crippen LogP contribution in [0.4, 0.5) is 31.9 Å². The van der Waals surface area contributed by atoms with Crippen molar-refractivity contribution in [1.29, 1.82) is 0 Å². The number of halogens is 2. The fraction of sp³-hybridized carbons (Fsp3) is 0.468. The van der Waals surface area contributed by atoms with E-state index in [0.29, 0.717) is 84.0 Å². The first kappa shape index (κ1) is 77.0. The molecular formula is C77H95F2N19O9. The number of amides is 4. The van der Waals surface area contributed by atoms with Gasteiger partial charge in [-0.15, -0.1) is 0 Å². The molecule has 8 N–H and O–H groups in total. The summed E-state index contributed by atoms with van der Waals surface area (Å²) in [6.45, 7) is 30.7. The number of hydrogen-bond acceptors (Lipinski definition) is 20. The number of hydrogen-bond donors (Lipinski definition) is 8. The van der Waals surface area contributed by atoms with Crippen LogP contribution in [-0.2, 0) is 23.9 Å². The minimum absolute atomic E-state index is 0.0135. The number of carbonyl (C=O) groups excluding carboxylic acids is 8. The number of nitrogens with one attached hydrogen (secondary N) is 8. The van der Waals surface area contributed by atoms with Crippen molar-refractivity contribution in [3.8, 4) is 0 Å². The summed E-state index contributed by atoms with van der Waals surface area (Å²) in [4.78, 5) is 147. The molecule has 0 spiro atoms. The Labute approximate surface area is 618 Å². The fourth-order valence-electron chi connectivity index (χ4n) is 14.2. The van der Waals surface area contributed by atoms with Gasteiger partial charge in [0.25, 0.3) is 0 Å². The number of anilines is 4. The summed E-state index contributed by atoms with van der Waals surface area (Å²) in [5, 5.41) is 16.0. The van der Waals surface area contributed by atoms with Crippen molar-refractivity contribution in [2.75, 3.05) is 47.4 Å². The maximum Gasteiger partial charge on any atom is 0.341 e. The average molecular weight is 1470 g/mol. The summed E-state index contributed by atoms with van der Waals surface area (Å²) >= 11 is 0. The van der Waals surface area contributed by atoms with Crippen LogP contribution in [0.3, 0.4) is 0 Å². The zero-order valence-corrected chi connectivity index (χ0v) is 61.8. The molecule has 14 rings (SSSR count). The third kappa shape index (κ3) is 17.9. The lowest BCUT2D eigenvalue weighted by atomic mass is 9.98. The van der Waals surface area contributed by atoms with Gasteiger partial charge in [0.15, 0.2) is 11.6 Å². The molecule has 8 aromatic heterocycles. The molecule has 6 fully saturated rings. The number of piperidine rings is 4. The number of Topliss-reactive ketones (excluding diaryl/α,β-unsaturated/α-hetero) is 3. The van der Waals surface area contributed by atoms with Crippen LogP contribution >= 0.6 is 0 Å². The number of esters is 1. The van der Waals surface area contributed by atoms with Crippen LogP contribution in [0.25, 0.3) is 44.1 Å². The zero-order chi connectivity index (χ0) is 76.8. The number of fused-ring (bicyclic) bond motifs is 4. The quantitative estimate of drug-likeness (QED) is 0.0212. The summed E-state index contributed by atoms with van der Waals surface area (Å²) in [6.07, 6.45) is 28.6. The van der Waals surface area contributed by atoms with E-state index >= 15 is 0 Å². The highest BCUT2D eigenvalue weighted by Gasteiger charge is 2.39. The van der Waals surface area contributed by atoms with Crippen LogP contribution < -0.4 is 21.3 Å². The number of aromatic amines is 4. The molecule has 0 aromatic carbocycles. The molecule has 566 valence electrons. The molecule has 2 aliphatic carbocycles. The number of aromatic nitrogens is 11. The molecule has 0 bridgehead atoms. The van der Waals surface area contributed by atoms with Crippen molar-refractivity contribution >= 4 is 114 Å². The second-order valence-electron chi connectivity index (χ2n) is 29.6. The van der Waals surface area contributed by atoms with E-state index in [4.69, 9.17) is 4.74 Å². The van der Waals surface area contributed by atoms with Crippen molar-refractivity contribution < 1.29 is 51.9 Å². The molecular weight excluding hydrogens is 1370 g/mol. The Morgan fingerprint density at radius 2 is 0.757 bits per heavy atom. The van der Waals surface area contributed by atoms with E-state index in [9.17, 15) is 47.1 Å². The van der Waals surface area contributed by atoms with Gasteiger partial charge in [-0.3, -0.25) is 33.6 Å². The summed E-state index contributed by atoms with van der Waals surface area (Å²) in [5.74, 6) is -3.39. The molecule has 8 atom stereocenters. The van der Waals surface area contributed by atoms with E-state index in [1.807, 2.05) is 50.5 Å². The number of carbonyl (C=O) groups is 8. The number of rotatable bonds is 19. The minimum Gasteiger partial charge on any atom is -0.456 e. The monoisotopic (exact) mass is 1470 g/mol. The summed E-state index contributed by atoms with van der Waals surface area (Å²) in [7, 11) is 0. The van der Waals surface area contributed by atoms with Gasteiger partial charge in [0.2, 0.25) is 29.4 Å². The average Bonchev–Trinajstić information content (AvgIpc) is 1.64. The van der Waals surface area contributed by atoms with Crippen LogP contribution in [0.2, 0.25) is 0 Å². The highest BCUT2D eigenvalue weighted by atomic mass is 19.3. The molecule has 0 radical (unpaired) electrons. The van der Waals surface area contributed by atoms with Gasteiger partial charge in [0, 0.05) is 141 Å². The van der Waals surface area contributed by atoms with Crippen LogP contribution in [0, 0.1) is 11.8 Å². The predicted octanol–water partition coefficient (Wildman–Crippen LogP) is 11.3. The lowest BCUT2D eigenvalue weighted by molar-refractivity contribution is -0.130. The molecule has 4 saturated heterocycles. The van der Waals surface area contributed by atoms with Crippen LogP contribution in [0.1, 0.15) is 174 Å². The van der Waals surface area contributed by atoms with E-state index in [1.165, 1.54) is 49.5 Å². The maximum absolute atomic E-state index is 13.5. The van der Waals surface area contributed by atoms with Gasteiger partial charge in [0.05, 0.1) is 32.7 Å². The van der Waals surface area contributed by atoms with E-state index in [-0.39, 0.29) is 106 Å². The third-order valence-electron chi connectivity index (χ3n) is 20.4. The number of ether oxygens (including phenoxy) is 1. The lowest BCUT2D eigenvalue weighted by Gasteiger charge is -2.38. The number of nitrogens with zero attached hydrogens (tertiary/aromatic N) is 11. The van der Waals surface area contributed by atoms with Crippen molar-refractivity contribution in [2.45, 2.75) is 192 Å². The largest absolute Gasteiger partial charge is 0.456 e. The highest BCUT2D eigenvalue weighted by molar-refractivity contribution is 6.15. The van der Waals surface area contributed by atoms with Crippen molar-refractivity contribution in [2.24, 2.45) is 11.8 Å².